The lowest BCUT2D eigenvalue weighted by molar-refractivity contribution is -0.385. The molecule has 4 aromatic heterocycles. The van der Waals surface area contributed by atoms with Crippen LogP contribution in [0.15, 0.2) is 169 Å². The third kappa shape index (κ3) is 18.2. The van der Waals surface area contributed by atoms with Gasteiger partial charge in [0.05, 0.1) is 43.5 Å². The standard InChI is InChI=1S/C20H21NO3.C19H18N2O5.C19H20N2O3.C13H14O3.C6H5ClN2O2.CH4/c1-12-6-9-15(10-7-12)17-18(19(22)24-20(17,4)5)23-16-11-8-13(2)14(3)21-16;1-11-5-7-13(8-6-11)16-17(18(22)26-19(16,3)4)25-15-10-9-14(21(23)24)12(2)20-15;1-11-5-7-13(8-6-11)16-17(18(22)24-19(16,3)4)23-15-10-9-14(20)12(2)21-15;1-8-4-6-9(7-5-8)10-11(14)12(15)16-13(10,2)3;1-4-5(9(10)11)2-3-6(7)8-4;/h6-11H,1-5H3;5-10H,1-4H3;5-10H,20H2,1-4H3;4-7,14H,1-3H3;2-3H,1H3;1H4. The van der Waals surface area contributed by atoms with Crippen molar-refractivity contribution in [2.24, 2.45) is 0 Å². The van der Waals surface area contributed by atoms with Gasteiger partial charge in [-0.25, -0.2) is 39.1 Å². The number of nitrogens with zero attached hydrogens (tertiary/aromatic N) is 6. The number of nitrogen functional groups attached to an aromatic ring is 1. The summed E-state index contributed by atoms with van der Waals surface area (Å²) in [7, 11) is 0. The number of benzene rings is 4. The number of ether oxygens (including phenoxy) is 7. The minimum absolute atomic E-state index is 0. The van der Waals surface area contributed by atoms with Gasteiger partial charge in [-0.1, -0.05) is 144 Å². The highest BCUT2D eigenvalue weighted by Crippen LogP contribution is 2.44. The summed E-state index contributed by atoms with van der Waals surface area (Å²) >= 11 is 5.49. The third-order valence-electron chi connectivity index (χ3n) is 16.3. The summed E-state index contributed by atoms with van der Waals surface area (Å²) in [6.45, 7) is 31.3. The lowest BCUT2D eigenvalue weighted by Crippen LogP contribution is -2.22. The Hall–Kier alpha value is -11.6. The van der Waals surface area contributed by atoms with Crippen LogP contribution in [-0.2, 0) is 38.1 Å². The molecule has 0 saturated heterocycles. The SMILES string of the molecule is C.Cc1ccc(C2=C(O)C(=O)OC2(C)C)cc1.Cc1ccc(C2=C(Oc3ccc(C)c(C)n3)C(=O)OC2(C)C)cc1.Cc1ccc(C2=C(Oc3ccc(N)c(C)n3)C(=O)OC2(C)C)cc1.Cc1ccc(C2=C(Oc3ccc([N+](=O)[O-])c(C)n3)C(=O)OC2(C)C)cc1.Cc1nc(Cl)ccc1[N+](=O)[O-]. The van der Waals surface area contributed by atoms with E-state index in [1.54, 1.807) is 59.7 Å². The zero-order valence-electron chi connectivity index (χ0n) is 59.1. The molecule has 0 atom stereocenters. The first kappa shape index (κ1) is 77.8. The zero-order chi connectivity index (χ0) is 74.4. The zero-order valence-corrected chi connectivity index (χ0v) is 59.8. The van der Waals surface area contributed by atoms with Crippen molar-refractivity contribution < 1.29 is 67.3 Å². The fourth-order valence-corrected chi connectivity index (χ4v) is 11.2. The predicted molar refractivity (Wildman–Crippen MR) is 388 cm³/mol. The number of halogens is 1. The van der Waals surface area contributed by atoms with Crippen molar-refractivity contribution in [1.29, 1.82) is 0 Å². The average molecular weight is 1410 g/mol. The van der Waals surface area contributed by atoms with Crippen molar-refractivity contribution >= 4 is 74.8 Å². The highest BCUT2D eigenvalue weighted by atomic mass is 35.5. The number of aryl methyl sites for hydroxylation is 9. The van der Waals surface area contributed by atoms with Gasteiger partial charge in [0, 0.05) is 36.0 Å². The second kappa shape index (κ2) is 31.3. The van der Waals surface area contributed by atoms with Crippen molar-refractivity contribution in [3.8, 4) is 17.6 Å². The first-order valence-electron chi connectivity index (χ1n) is 31.8. The lowest BCUT2D eigenvalue weighted by atomic mass is 9.91. The minimum atomic E-state index is -0.864. The van der Waals surface area contributed by atoms with Crippen LogP contribution in [0, 0.1) is 82.5 Å². The van der Waals surface area contributed by atoms with Crippen LogP contribution in [0.4, 0.5) is 17.1 Å². The summed E-state index contributed by atoms with van der Waals surface area (Å²) in [6, 6.07) is 43.6. The first-order chi connectivity index (χ1) is 47.3. The van der Waals surface area contributed by atoms with E-state index in [9.17, 15) is 44.5 Å². The molecule has 0 fully saturated rings. The monoisotopic (exact) mass is 1410 g/mol. The Bertz CT molecular complexity index is 4570. The molecule has 0 unspecified atom stereocenters. The Morgan fingerprint density at radius 1 is 0.392 bits per heavy atom. The van der Waals surface area contributed by atoms with E-state index >= 15 is 0 Å². The van der Waals surface area contributed by atoms with Gasteiger partial charge in [0.1, 0.15) is 38.9 Å². The number of hydrogen-bond acceptors (Lipinski definition) is 21. The van der Waals surface area contributed by atoms with Gasteiger partial charge in [0.15, 0.2) is 0 Å². The lowest BCUT2D eigenvalue weighted by Gasteiger charge is -2.21. The number of carbonyl (C=O) groups excluding carboxylic acids is 4. The van der Waals surface area contributed by atoms with Crippen LogP contribution in [0.25, 0.3) is 22.3 Å². The number of aliphatic hydroxyl groups is 1. The van der Waals surface area contributed by atoms with E-state index in [1.807, 2.05) is 172 Å². The van der Waals surface area contributed by atoms with E-state index in [0.717, 1.165) is 61.3 Å². The van der Waals surface area contributed by atoms with Crippen LogP contribution < -0.4 is 19.9 Å². The summed E-state index contributed by atoms with van der Waals surface area (Å²) < 4.78 is 38.9. The van der Waals surface area contributed by atoms with Crippen LogP contribution in [0.3, 0.4) is 0 Å². The molecule has 4 aliphatic heterocycles. The number of aliphatic hydroxyl groups excluding tert-OH is 1. The van der Waals surface area contributed by atoms with Gasteiger partial charge in [0.25, 0.3) is 11.4 Å². The van der Waals surface area contributed by atoms with Crippen molar-refractivity contribution in [2.75, 3.05) is 5.73 Å². The molecule has 4 aromatic carbocycles. The maximum atomic E-state index is 12.4. The second-order valence-electron chi connectivity index (χ2n) is 26.1. The van der Waals surface area contributed by atoms with Gasteiger partial charge in [-0.3, -0.25) is 20.2 Å². The number of nitro groups is 2. The van der Waals surface area contributed by atoms with Gasteiger partial charge in [-0.05, 0) is 158 Å². The van der Waals surface area contributed by atoms with E-state index in [4.69, 9.17) is 50.5 Å². The Morgan fingerprint density at radius 2 is 0.676 bits per heavy atom. The molecular weight excluding hydrogens is 1330 g/mol. The predicted octanol–water partition coefficient (Wildman–Crippen LogP) is 16.5. The molecule has 12 rings (SSSR count). The highest BCUT2D eigenvalue weighted by Gasteiger charge is 2.46. The maximum absolute atomic E-state index is 12.4. The molecule has 23 nitrogen and oxygen atoms in total. The van der Waals surface area contributed by atoms with E-state index in [2.05, 4.69) is 19.9 Å². The minimum Gasteiger partial charge on any atom is -0.502 e. The average Bonchev–Trinajstić information content (AvgIpc) is 1.63. The topological polar surface area (TPSA) is 317 Å². The molecular formula is C78H82ClN7O16. The second-order valence-corrected chi connectivity index (χ2v) is 26.5. The fourth-order valence-electron chi connectivity index (χ4n) is 11.0. The molecule has 4 aliphatic rings. The van der Waals surface area contributed by atoms with E-state index in [-0.39, 0.29) is 58.6 Å². The van der Waals surface area contributed by atoms with Gasteiger partial charge < -0.3 is 44.0 Å². The quantitative estimate of drug-likeness (QED) is 0.0377. The molecule has 102 heavy (non-hydrogen) atoms. The molecule has 8 heterocycles. The summed E-state index contributed by atoms with van der Waals surface area (Å²) in [6.07, 6.45) is 0. The number of esters is 4. The molecule has 24 heteroatoms. The normalized spacial score (nSPS) is 15.7. The van der Waals surface area contributed by atoms with Gasteiger partial charge in [-0.15, -0.1) is 0 Å². The Kier molecular flexibility index (Phi) is 23.9. The Morgan fingerprint density at radius 3 is 0.980 bits per heavy atom. The largest absolute Gasteiger partial charge is 0.502 e. The summed E-state index contributed by atoms with van der Waals surface area (Å²) in [4.78, 5) is 85.0. The number of pyridine rings is 4. The van der Waals surface area contributed by atoms with Crippen LogP contribution in [-0.4, -0.2) is 81.2 Å². The fraction of sp³-hybridized carbons (Fsp3) is 0.282. The van der Waals surface area contributed by atoms with E-state index < -0.39 is 56.1 Å². The number of nitrogens with two attached hydrogens (primary N) is 1. The van der Waals surface area contributed by atoms with Crippen LogP contribution >= 0.6 is 11.6 Å². The van der Waals surface area contributed by atoms with Gasteiger partial charge >= 0.3 is 23.9 Å². The summed E-state index contributed by atoms with van der Waals surface area (Å²) in [5.74, 6) is -1.26. The maximum Gasteiger partial charge on any atom is 0.375 e. The number of anilines is 1. The highest BCUT2D eigenvalue weighted by molar-refractivity contribution is 6.29. The van der Waals surface area contributed by atoms with Crippen LogP contribution in [0.1, 0.15) is 136 Å². The number of hydrogen-bond donors (Lipinski definition) is 2. The van der Waals surface area contributed by atoms with E-state index in [0.29, 0.717) is 45.6 Å². The van der Waals surface area contributed by atoms with E-state index in [1.165, 1.54) is 31.2 Å². The Balaban J connectivity index is 0.000000183. The third-order valence-corrected chi connectivity index (χ3v) is 16.5. The number of aromatic nitrogens is 4. The molecule has 0 bridgehead atoms. The summed E-state index contributed by atoms with van der Waals surface area (Å²) in [5.41, 5.74) is 16.8. The smallest absolute Gasteiger partial charge is 0.375 e. The van der Waals surface area contributed by atoms with Crippen LogP contribution in [0.2, 0.25) is 5.15 Å². The number of carbonyl (C=O) groups is 4. The Labute approximate surface area is 597 Å². The van der Waals surface area contributed by atoms with Crippen molar-refractivity contribution in [3.05, 3.63) is 267 Å². The first-order valence-corrected chi connectivity index (χ1v) is 32.1. The number of rotatable bonds is 12. The summed E-state index contributed by atoms with van der Waals surface area (Å²) in [5, 5.41) is 31.2. The molecule has 0 aliphatic carbocycles. The van der Waals surface area contributed by atoms with Crippen molar-refractivity contribution in [2.45, 2.75) is 148 Å². The van der Waals surface area contributed by atoms with Crippen LogP contribution in [0.5, 0.6) is 17.6 Å². The molecule has 3 N–H and O–H groups in total. The molecule has 532 valence electrons. The van der Waals surface area contributed by atoms with Gasteiger partial charge in [-0.2, -0.15) is 0 Å². The molecule has 8 aromatic rings. The van der Waals surface area contributed by atoms with Crippen molar-refractivity contribution in [1.82, 2.24) is 19.9 Å². The van der Waals surface area contributed by atoms with Gasteiger partial charge in [0.2, 0.25) is 40.7 Å². The molecule has 0 saturated carbocycles. The molecule has 0 radical (unpaired) electrons. The number of cyclic esters (lactones) is 4. The molecule has 0 amide bonds. The molecule has 0 spiro atoms. The van der Waals surface area contributed by atoms with Crippen molar-refractivity contribution in [3.63, 3.8) is 0 Å².